The maximum absolute atomic E-state index is 11.2. The first kappa shape index (κ1) is 17.6. The van der Waals surface area contributed by atoms with Crippen LogP contribution in [0.3, 0.4) is 0 Å². The third kappa shape index (κ3) is 6.72. The Morgan fingerprint density at radius 1 is 1.33 bits per heavy atom. The highest BCUT2D eigenvalue weighted by Gasteiger charge is 2.25. The van der Waals surface area contributed by atoms with Gasteiger partial charge in [-0.15, -0.1) is 0 Å². The van der Waals surface area contributed by atoms with Gasteiger partial charge < -0.3 is 22.0 Å². The first-order valence-electron chi connectivity index (χ1n) is 6.56. The van der Waals surface area contributed by atoms with Crippen molar-refractivity contribution in [3.8, 4) is 0 Å². The fourth-order valence-electron chi connectivity index (χ4n) is 1.94. The van der Waals surface area contributed by atoms with E-state index in [1.54, 1.807) is 0 Å². The molecule has 5 nitrogen and oxygen atoms in total. The number of ether oxygens (including phenoxy) is 1. The second-order valence-electron chi connectivity index (χ2n) is 4.38. The van der Waals surface area contributed by atoms with Gasteiger partial charge >= 0.3 is 7.25 Å². The zero-order valence-electron chi connectivity index (χ0n) is 11.7. The fraction of sp³-hybridized carbons (Fsp3) is 0.636. The monoisotopic (exact) mass is 311 g/mol. The molecule has 21 heavy (non-hydrogen) atoms. The van der Waals surface area contributed by atoms with Gasteiger partial charge in [0.15, 0.2) is 6.29 Å². The number of imidazole rings is 1. The average molecular weight is 311 g/mol. The van der Waals surface area contributed by atoms with Crippen LogP contribution in [0.4, 0.5) is 17.3 Å². The van der Waals surface area contributed by atoms with Crippen molar-refractivity contribution in [2.45, 2.75) is 19.6 Å². The number of aryl methyl sites for hydroxylation is 1. The first-order valence-corrected chi connectivity index (χ1v) is 6.56. The van der Waals surface area contributed by atoms with Crippen LogP contribution >= 0.6 is 0 Å². The van der Waals surface area contributed by atoms with Crippen LogP contribution in [0.5, 0.6) is 0 Å². The number of nitrogens with zero attached hydrogens (tertiary/aromatic N) is 3. The van der Waals surface area contributed by atoms with E-state index in [0.29, 0.717) is 13.2 Å². The Bertz CT molecular complexity index is 429. The third-order valence-corrected chi connectivity index (χ3v) is 2.92. The van der Waals surface area contributed by atoms with E-state index in [-0.39, 0.29) is 6.17 Å². The highest BCUT2D eigenvalue weighted by Crippen LogP contribution is 2.11. The number of aldehydes is 1. The molecule has 1 aliphatic rings. The molecule has 1 aromatic rings. The molecule has 0 bridgehead atoms. The Kier molecular flexibility index (Phi) is 6.83. The molecule has 1 saturated heterocycles. The van der Waals surface area contributed by atoms with E-state index < -0.39 is 7.25 Å². The first-order chi connectivity index (χ1) is 9.85. The van der Waals surface area contributed by atoms with Crippen molar-refractivity contribution in [3.63, 3.8) is 0 Å². The molecule has 0 spiro atoms. The molecule has 0 aliphatic carbocycles. The summed E-state index contributed by atoms with van der Waals surface area (Å²) >= 11 is 0. The highest BCUT2D eigenvalue weighted by atomic mass is 19.5. The topological polar surface area (TPSA) is 38.3 Å². The number of aromatic nitrogens is 2. The predicted octanol–water partition coefficient (Wildman–Crippen LogP) is 1.13. The second-order valence-corrected chi connectivity index (χ2v) is 4.38. The minimum Gasteiger partial charge on any atom is -0.418 e. The van der Waals surface area contributed by atoms with Crippen molar-refractivity contribution in [3.05, 3.63) is 18.7 Å². The van der Waals surface area contributed by atoms with E-state index in [0.717, 1.165) is 25.9 Å². The molecular weight excluding hydrogens is 293 g/mol. The summed E-state index contributed by atoms with van der Waals surface area (Å²) in [5.74, 6) is 0. The molecule has 1 unspecified atom stereocenters. The Hall–Kier alpha value is -1.42. The SMILES string of the molecule is CC[n+]1ccn(C(C=O)N2CCOCC2)c1.F[B-](F)(F)F. The molecule has 1 fully saturated rings. The number of hydrogen-bond donors (Lipinski definition) is 0. The molecule has 0 N–H and O–H groups in total. The molecule has 0 aromatic carbocycles. The van der Waals surface area contributed by atoms with Gasteiger partial charge in [-0.1, -0.05) is 0 Å². The van der Waals surface area contributed by atoms with Gasteiger partial charge in [0, 0.05) is 13.1 Å². The summed E-state index contributed by atoms with van der Waals surface area (Å²) in [6.45, 7) is 6.04. The summed E-state index contributed by atoms with van der Waals surface area (Å²) in [5.41, 5.74) is 0. The maximum atomic E-state index is 11.2. The Labute approximate surface area is 120 Å². The van der Waals surface area contributed by atoms with Crippen molar-refractivity contribution in [1.82, 2.24) is 9.47 Å². The third-order valence-electron chi connectivity index (χ3n) is 2.92. The van der Waals surface area contributed by atoms with Crippen molar-refractivity contribution in [1.29, 1.82) is 0 Å². The Balaban J connectivity index is 0.000000383. The van der Waals surface area contributed by atoms with E-state index in [4.69, 9.17) is 4.74 Å². The molecule has 120 valence electrons. The molecule has 10 heteroatoms. The van der Waals surface area contributed by atoms with Gasteiger partial charge in [0.2, 0.25) is 12.5 Å². The number of rotatable bonds is 4. The highest BCUT2D eigenvalue weighted by molar-refractivity contribution is 6.50. The van der Waals surface area contributed by atoms with Crippen LogP contribution in [-0.4, -0.2) is 49.3 Å². The Morgan fingerprint density at radius 3 is 2.33 bits per heavy atom. The zero-order chi connectivity index (χ0) is 15.9. The largest absolute Gasteiger partial charge is 0.673 e. The predicted molar refractivity (Wildman–Crippen MR) is 68.0 cm³/mol. The van der Waals surface area contributed by atoms with Crippen molar-refractivity contribution in [2.24, 2.45) is 0 Å². The molecule has 0 amide bonds. The van der Waals surface area contributed by atoms with Crippen LogP contribution < -0.4 is 4.57 Å². The van der Waals surface area contributed by atoms with Gasteiger partial charge in [-0.25, -0.2) is 9.13 Å². The minimum absolute atomic E-state index is 0.198. The van der Waals surface area contributed by atoms with Crippen LogP contribution in [0.1, 0.15) is 13.1 Å². The van der Waals surface area contributed by atoms with E-state index in [1.807, 2.05) is 23.3 Å². The molecule has 0 saturated carbocycles. The van der Waals surface area contributed by atoms with Gasteiger partial charge in [0.1, 0.15) is 12.4 Å². The second kappa shape index (κ2) is 8.13. The van der Waals surface area contributed by atoms with Crippen molar-refractivity contribution < 1.29 is 31.4 Å². The lowest BCUT2D eigenvalue weighted by atomic mass is 10.3. The zero-order valence-corrected chi connectivity index (χ0v) is 11.7. The smallest absolute Gasteiger partial charge is 0.418 e. The van der Waals surface area contributed by atoms with Crippen LogP contribution in [0.15, 0.2) is 18.7 Å². The van der Waals surface area contributed by atoms with E-state index >= 15 is 0 Å². The van der Waals surface area contributed by atoms with E-state index in [1.165, 1.54) is 0 Å². The normalized spacial score (nSPS) is 17.8. The van der Waals surface area contributed by atoms with Gasteiger partial charge in [0.05, 0.1) is 19.8 Å². The molecule has 2 heterocycles. The van der Waals surface area contributed by atoms with Crippen molar-refractivity contribution in [2.75, 3.05) is 26.3 Å². The van der Waals surface area contributed by atoms with Crippen LogP contribution in [0, 0.1) is 0 Å². The van der Waals surface area contributed by atoms with Crippen LogP contribution in [0.25, 0.3) is 0 Å². The lowest BCUT2D eigenvalue weighted by Gasteiger charge is -2.28. The molecular formula is C11H18BF4N3O2. The molecule has 1 aliphatic heterocycles. The summed E-state index contributed by atoms with van der Waals surface area (Å²) in [4.78, 5) is 13.3. The minimum atomic E-state index is -6.00. The lowest BCUT2D eigenvalue weighted by molar-refractivity contribution is -0.693. The summed E-state index contributed by atoms with van der Waals surface area (Å²) in [6.07, 6.45) is 6.69. The van der Waals surface area contributed by atoms with Gasteiger partial charge in [0.25, 0.3) is 0 Å². The summed E-state index contributed by atoms with van der Waals surface area (Å²) in [5, 5.41) is 0. The Morgan fingerprint density at radius 2 is 1.90 bits per heavy atom. The number of hydrogen-bond acceptors (Lipinski definition) is 3. The molecule has 1 atom stereocenters. The number of halogens is 4. The van der Waals surface area contributed by atoms with Crippen LogP contribution in [-0.2, 0) is 16.1 Å². The number of morpholine rings is 1. The van der Waals surface area contributed by atoms with Gasteiger partial charge in [-0.2, -0.15) is 0 Å². The quantitative estimate of drug-likeness (QED) is 0.362. The summed E-state index contributed by atoms with van der Waals surface area (Å²) in [6, 6.07) is 0. The fourth-order valence-corrected chi connectivity index (χ4v) is 1.94. The number of carbonyl (C=O) groups is 1. The molecule has 0 radical (unpaired) electrons. The van der Waals surface area contributed by atoms with E-state index in [2.05, 4.69) is 16.4 Å². The lowest BCUT2D eigenvalue weighted by Crippen LogP contribution is -2.42. The summed E-state index contributed by atoms with van der Waals surface area (Å²) in [7, 11) is -6.00. The van der Waals surface area contributed by atoms with Crippen LogP contribution in [0.2, 0.25) is 0 Å². The molecule has 2 rings (SSSR count). The summed E-state index contributed by atoms with van der Waals surface area (Å²) < 4.78 is 48.3. The average Bonchev–Trinajstić information content (AvgIpc) is 2.88. The van der Waals surface area contributed by atoms with Gasteiger partial charge in [-0.05, 0) is 6.92 Å². The number of carbonyl (C=O) groups excluding carboxylic acids is 1. The molecule has 1 aromatic heterocycles. The van der Waals surface area contributed by atoms with Gasteiger partial charge in [-0.3, -0.25) is 9.69 Å². The van der Waals surface area contributed by atoms with E-state index in [9.17, 15) is 22.1 Å². The van der Waals surface area contributed by atoms with Crippen molar-refractivity contribution >= 4 is 13.5 Å². The maximum Gasteiger partial charge on any atom is 0.673 e. The standard InChI is InChI=1S/C11H18N3O2.BF4/c1-2-12-3-4-14(10-12)11(9-15)13-5-7-16-8-6-13;2-1(3,4)5/h3-4,9-11H,2,5-8H2,1H3;/q+1;-1.